The molecule has 0 aliphatic heterocycles. The molecule has 2 aromatic rings. The lowest BCUT2D eigenvalue weighted by molar-refractivity contribution is 0.915. The zero-order valence-corrected chi connectivity index (χ0v) is 11.1. The van der Waals surface area contributed by atoms with Crippen molar-refractivity contribution in [2.24, 2.45) is 5.73 Å². The van der Waals surface area contributed by atoms with E-state index in [0.29, 0.717) is 6.54 Å². The minimum Gasteiger partial charge on any atom is -0.370 e. The monoisotopic (exact) mass is 240 g/mol. The number of nitrogens with zero attached hydrogens (tertiary/aromatic N) is 1. The van der Waals surface area contributed by atoms with Gasteiger partial charge in [0.2, 0.25) is 0 Å². The molecule has 0 fully saturated rings. The summed E-state index contributed by atoms with van der Waals surface area (Å²) in [6.07, 6.45) is 0. The van der Waals surface area contributed by atoms with E-state index in [-0.39, 0.29) is 0 Å². The molecule has 0 spiro atoms. The van der Waals surface area contributed by atoms with Crippen LogP contribution in [-0.2, 0) is 13.1 Å². The van der Waals surface area contributed by atoms with Gasteiger partial charge in [-0.3, -0.25) is 0 Å². The minimum absolute atomic E-state index is 0.601. The first-order valence-corrected chi connectivity index (χ1v) is 6.25. The molecule has 2 rings (SSSR count). The van der Waals surface area contributed by atoms with Crippen molar-refractivity contribution >= 4 is 5.69 Å². The van der Waals surface area contributed by atoms with Gasteiger partial charge in [0.1, 0.15) is 0 Å². The van der Waals surface area contributed by atoms with Gasteiger partial charge in [0.25, 0.3) is 0 Å². The van der Waals surface area contributed by atoms with E-state index in [2.05, 4.69) is 61.3 Å². The smallest absolute Gasteiger partial charge is 0.0426 e. The second-order valence-electron chi connectivity index (χ2n) is 4.67. The summed E-state index contributed by atoms with van der Waals surface area (Å²) in [5.41, 5.74) is 10.7. The van der Waals surface area contributed by atoms with Crippen LogP contribution >= 0.6 is 0 Å². The molecule has 0 saturated carbocycles. The van der Waals surface area contributed by atoms with Crippen LogP contribution in [0.3, 0.4) is 0 Å². The van der Waals surface area contributed by atoms with Gasteiger partial charge < -0.3 is 10.6 Å². The molecule has 0 amide bonds. The maximum atomic E-state index is 5.65. The lowest BCUT2D eigenvalue weighted by Crippen LogP contribution is -2.17. The van der Waals surface area contributed by atoms with E-state index >= 15 is 0 Å². The molecule has 2 N–H and O–H groups in total. The number of anilines is 1. The molecular formula is C16H20N2. The van der Waals surface area contributed by atoms with E-state index in [0.717, 1.165) is 6.54 Å². The second kappa shape index (κ2) is 5.69. The van der Waals surface area contributed by atoms with Crippen LogP contribution in [0.1, 0.15) is 16.7 Å². The molecule has 0 aliphatic carbocycles. The Balaban J connectivity index is 2.16. The molecule has 0 bridgehead atoms. The van der Waals surface area contributed by atoms with Crippen molar-refractivity contribution in [1.29, 1.82) is 0 Å². The van der Waals surface area contributed by atoms with E-state index in [4.69, 9.17) is 5.73 Å². The van der Waals surface area contributed by atoms with Crippen LogP contribution in [0.2, 0.25) is 0 Å². The second-order valence-corrected chi connectivity index (χ2v) is 4.67. The predicted molar refractivity (Wildman–Crippen MR) is 77.6 cm³/mol. The van der Waals surface area contributed by atoms with E-state index in [9.17, 15) is 0 Å². The number of hydrogen-bond acceptors (Lipinski definition) is 2. The minimum atomic E-state index is 0.601. The summed E-state index contributed by atoms with van der Waals surface area (Å²) in [4.78, 5) is 2.27. The van der Waals surface area contributed by atoms with Gasteiger partial charge in [-0.15, -0.1) is 0 Å². The van der Waals surface area contributed by atoms with Crippen LogP contribution < -0.4 is 10.6 Å². The first kappa shape index (κ1) is 12.7. The van der Waals surface area contributed by atoms with Gasteiger partial charge in [-0.25, -0.2) is 0 Å². The highest BCUT2D eigenvalue weighted by Gasteiger charge is 2.05. The zero-order valence-electron chi connectivity index (χ0n) is 11.1. The van der Waals surface area contributed by atoms with Crippen molar-refractivity contribution in [3.05, 3.63) is 65.2 Å². The highest BCUT2D eigenvalue weighted by Crippen LogP contribution is 2.21. The first-order valence-electron chi connectivity index (χ1n) is 6.25. The maximum absolute atomic E-state index is 5.65. The standard InChI is InChI=1S/C16H20N2/c1-13-10-15(11-17)8-9-16(13)18(2)12-14-6-4-3-5-7-14/h3-10H,11-12,17H2,1-2H3. The molecule has 2 aromatic carbocycles. The lowest BCUT2D eigenvalue weighted by atomic mass is 10.1. The Morgan fingerprint density at radius 1 is 1.00 bits per heavy atom. The van der Waals surface area contributed by atoms with Gasteiger partial charge >= 0.3 is 0 Å². The zero-order chi connectivity index (χ0) is 13.0. The van der Waals surface area contributed by atoms with E-state index < -0.39 is 0 Å². The number of benzene rings is 2. The normalized spacial score (nSPS) is 10.4. The van der Waals surface area contributed by atoms with Crippen molar-refractivity contribution in [3.8, 4) is 0 Å². The molecule has 18 heavy (non-hydrogen) atoms. The lowest BCUT2D eigenvalue weighted by Gasteiger charge is -2.22. The topological polar surface area (TPSA) is 29.3 Å². The summed E-state index contributed by atoms with van der Waals surface area (Å²) in [5.74, 6) is 0. The molecule has 0 unspecified atom stereocenters. The van der Waals surface area contributed by atoms with Crippen LogP contribution in [0.4, 0.5) is 5.69 Å². The van der Waals surface area contributed by atoms with E-state index in [1.807, 2.05) is 6.07 Å². The van der Waals surface area contributed by atoms with Crippen molar-refractivity contribution in [3.63, 3.8) is 0 Å². The Morgan fingerprint density at radius 2 is 1.72 bits per heavy atom. The Morgan fingerprint density at radius 3 is 2.33 bits per heavy atom. The summed E-state index contributed by atoms with van der Waals surface area (Å²) in [7, 11) is 2.12. The van der Waals surface area contributed by atoms with Gasteiger partial charge in [0.05, 0.1) is 0 Å². The van der Waals surface area contributed by atoms with Crippen LogP contribution in [0.5, 0.6) is 0 Å². The predicted octanol–water partition coefficient (Wildman–Crippen LogP) is 3.09. The molecule has 0 aromatic heterocycles. The Kier molecular flexibility index (Phi) is 4.00. The van der Waals surface area contributed by atoms with Gasteiger partial charge in [0.15, 0.2) is 0 Å². The quantitative estimate of drug-likeness (QED) is 0.889. The van der Waals surface area contributed by atoms with Crippen LogP contribution in [0, 0.1) is 6.92 Å². The maximum Gasteiger partial charge on any atom is 0.0426 e. The highest BCUT2D eigenvalue weighted by molar-refractivity contribution is 5.54. The number of nitrogens with two attached hydrogens (primary N) is 1. The average Bonchev–Trinajstić information content (AvgIpc) is 2.39. The van der Waals surface area contributed by atoms with Gasteiger partial charge in [0, 0.05) is 25.8 Å². The third-order valence-electron chi connectivity index (χ3n) is 3.17. The third kappa shape index (κ3) is 2.90. The Hall–Kier alpha value is -1.80. The summed E-state index contributed by atoms with van der Waals surface area (Å²) in [6.45, 7) is 3.66. The fourth-order valence-corrected chi connectivity index (χ4v) is 2.22. The summed E-state index contributed by atoms with van der Waals surface area (Å²) < 4.78 is 0. The van der Waals surface area contributed by atoms with Crippen molar-refractivity contribution in [1.82, 2.24) is 0 Å². The molecule has 0 aliphatic rings. The summed E-state index contributed by atoms with van der Waals surface area (Å²) in [6, 6.07) is 16.9. The van der Waals surface area contributed by atoms with Crippen molar-refractivity contribution in [2.45, 2.75) is 20.0 Å². The Bertz CT molecular complexity index is 506. The number of aryl methyl sites for hydroxylation is 1. The van der Waals surface area contributed by atoms with Crippen molar-refractivity contribution in [2.75, 3.05) is 11.9 Å². The molecule has 2 heteroatoms. The molecule has 2 nitrogen and oxygen atoms in total. The van der Waals surface area contributed by atoms with Crippen LogP contribution in [0.25, 0.3) is 0 Å². The number of rotatable bonds is 4. The molecule has 0 heterocycles. The fourth-order valence-electron chi connectivity index (χ4n) is 2.22. The molecule has 0 radical (unpaired) electrons. The number of hydrogen-bond donors (Lipinski definition) is 1. The van der Waals surface area contributed by atoms with Crippen LogP contribution in [0.15, 0.2) is 48.5 Å². The molecule has 0 saturated heterocycles. The summed E-state index contributed by atoms with van der Waals surface area (Å²) in [5, 5.41) is 0. The van der Waals surface area contributed by atoms with Crippen molar-refractivity contribution < 1.29 is 0 Å². The molecule has 0 atom stereocenters. The highest BCUT2D eigenvalue weighted by atomic mass is 15.1. The largest absolute Gasteiger partial charge is 0.370 e. The molecule has 94 valence electrons. The first-order chi connectivity index (χ1) is 8.70. The SMILES string of the molecule is Cc1cc(CN)ccc1N(C)Cc1ccccc1. The summed E-state index contributed by atoms with van der Waals surface area (Å²) >= 11 is 0. The fraction of sp³-hybridized carbons (Fsp3) is 0.250. The average molecular weight is 240 g/mol. The van der Waals surface area contributed by atoms with Crippen LogP contribution in [-0.4, -0.2) is 7.05 Å². The van der Waals surface area contributed by atoms with E-state index in [1.165, 1.54) is 22.4 Å². The van der Waals surface area contributed by atoms with Gasteiger partial charge in [-0.05, 0) is 29.7 Å². The van der Waals surface area contributed by atoms with Gasteiger partial charge in [-0.2, -0.15) is 0 Å². The Labute approximate surface area is 109 Å². The van der Waals surface area contributed by atoms with Gasteiger partial charge in [-0.1, -0.05) is 42.5 Å². The third-order valence-corrected chi connectivity index (χ3v) is 3.17. The van der Waals surface area contributed by atoms with E-state index in [1.54, 1.807) is 0 Å². The molecular weight excluding hydrogens is 220 g/mol.